The lowest BCUT2D eigenvalue weighted by Crippen LogP contribution is -2.12. The number of ether oxygens (including phenoxy) is 1. The normalized spacial score (nSPS) is 10.3. The predicted octanol–water partition coefficient (Wildman–Crippen LogP) is 1.98. The number of aromatic nitrogens is 4. The molecule has 0 fully saturated rings. The molecule has 7 nitrogen and oxygen atoms in total. The second kappa shape index (κ2) is 6.69. The molecular weight excluding hydrogens is 294 g/mol. The first kappa shape index (κ1) is 14.7. The fraction of sp³-hybridized carbons (Fsp3) is 0.125. The Morgan fingerprint density at radius 3 is 2.74 bits per heavy atom. The van der Waals surface area contributed by atoms with E-state index in [-0.39, 0.29) is 11.6 Å². The molecule has 0 atom stereocenters. The maximum absolute atomic E-state index is 12.1. The van der Waals surface area contributed by atoms with E-state index in [1.165, 1.54) is 13.3 Å². The van der Waals surface area contributed by atoms with Gasteiger partial charge in [-0.05, 0) is 11.6 Å². The van der Waals surface area contributed by atoms with Crippen LogP contribution in [0.15, 0.2) is 54.9 Å². The van der Waals surface area contributed by atoms with Gasteiger partial charge in [-0.3, -0.25) is 4.79 Å². The molecule has 0 aliphatic heterocycles. The van der Waals surface area contributed by atoms with Crippen molar-refractivity contribution in [2.75, 3.05) is 12.4 Å². The minimum atomic E-state index is -0.337. The van der Waals surface area contributed by atoms with Crippen LogP contribution >= 0.6 is 0 Å². The van der Waals surface area contributed by atoms with E-state index in [4.69, 9.17) is 4.74 Å². The minimum absolute atomic E-state index is 0.247. The maximum atomic E-state index is 12.1. The summed E-state index contributed by atoms with van der Waals surface area (Å²) in [7, 11) is 1.53. The number of benzene rings is 1. The summed E-state index contributed by atoms with van der Waals surface area (Å²) in [5, 5.41) is 10.6. The van der Waals surface area contributed by atoms with Gasteiger partial charge in [-0.15, -0.1) is 5.10 Å². The van der Waals surface area contributed by atoms with Crippen LogP contribution in [0.3, 0.4) is 0 Å². The van der Waals surface area contributed by atoms with E-state index in [0.29, 0.717) is 18.1 Å². The molecule has 0 unspecified atom stereocenters. The highest BCUT2D eigenvalue weighted by Gasteiger charge is 2.11. The number of nitrogens with zero attached hydrogens (tertiary/aromatic N) is 4. The zero-order valence-corrected chi connectivity index (χ0v) is 12.5. The second-order valence-electron chi connectivity index (χ2n) is 4.83. The molecule has 2 aromatic heterocycles. The molecule has 0 saturated heterocycles. The van der Waals surface area contributed by atoms with Crippen LogP contribution in [0.4, 0.5) is 5.69 Å². The van der Waals surface area contributed by atoms with Crippen LogP contribution in [0, 0.1) is 0 Å². The molecule has 2 heterocycles. The topological polar surface area (TPSA) is 81.9 Å². The highest BCUT2D eigenvalue weighted by Crippen LogP contribution is 2.12. The fourth-order valence-corrected chi connectivity index (χ4v) is 2.02. The third-order valence-electron chi connectivity index (χ3n) is 3.16. The van der Waals surface area contributed by atoms with E-state index in [1.54, 1.807) is 23.0 Å². The monoisotopic (exact) mass is 309 g/mol. The third kappa shape index (κ3) is 3.70. The number of methoxy groups -OCH3 is 1. The lowest BCUT2D eigenvalue weighted by atomic mass is 10.2. The zero-order valence-electron chi connectivity index (χ0n) is 12.5. The van der Waals surface area contributed by atoms with Crippen LogP contribution in [-0.2, 0) is 6.54 Å². The SMILES string of the molecule is COc1ccc(NC(=O)c2cn(Cc3ccccc3)nn2)cn1. The van der Waals surface area contributed by atoms with Gasteiger partial charge in [0.25, 0.3) is 5.91 Å². The standard InChI is InChI=1S/C16H15N5O2/c1-23-15-8-7-13(9-17-15)18-16(22)14-11-21(20-19-14)10-12-5-3-2-4-6-12/h2-9,11H,10H2,1H3,(H,18,22). The van der Waals surface area contributed by atoms with Crippen molar-refractivity contribution < 1.29 is 9.53 Å². The summed E-state index contributed by atoms with van der Waals surface area (Å²) in [5.74, 6) is 0.146. The van der Waals surface area contributed by atoms with Gasteiger partial charge in [0, 0.05) is 6.07 Å². The molecule has 0 radical (unpaired) electrons. The molecule has 0 saturated carbocycles. The van der Waals surface area contributed by atoms with Crippen LogP contribution in [0.2, 0.25) is 0 Å². The van der Waals surface area contributed by atoms with E-state index in [0.717, 1.165) is 5.56 Å². The number of hydrogen-bond acceptors (Lipinski definition) is 5. The predicted molar refractivity (Wildman–Crippen MR) is 84.3 cm³/mol. The molecule has 0 aliphatic rings. The first-order valence-corrected chi connectivity index (χ1v) is 7.00. The van der Waals surface area contributed by atoms with Crippen molar-refractivity contribution >= 4 is 11.6 Å². The molecule has 1 amide bonds. The average Bonchev–Trinajstić information content (AvgIpc) is 3.05. The van der Waals surface area contributed by atoms with Gasteiger partial charge < -0.3 is 10.1 Å². The van der Waals surface area contributed by atoms with Crippen molar-refractivity contribution in [3.8, 4) is 5.88 Å². The van der Waals surface area contributed by atoms with Gasteiger partial charge in [0.05, 0.1) is 31.7 Å². The summed E-state index contributed by atoms with van der Waals surface area (Å²) in [6.45, 7) is 0.561. The van der Waals surface area contributed by atoms with E-state index in [2.05, 4.69) is 20.6 Å². The van der Waals surface area contributed by atoms with Gasteiger partial charge in [-0.1, -0.05) is 35.5 Å². The number of pyridine rings is 1. The molecule has 0 bridgehead atoms. The molecule has 1 aromatic carbocycles. The van der Waals surface area contributed by atoms with Gasteiger partial charge in [0.15, 0.2) is 5.69 Å². The van der Waals surface area contributed by atoms with Crippen LogP contribution < -0.4 is 10.1 Å². The van der Waals surface area contributed by atoms with Crippen molar-refractivity contribution in [3.05, 3.63) is 66.1 Å². The molecule has 7 heteroatoms. The van der Waals surface area contributed by atoms with Crippen molar-refractivity contribution in [2.24, 2.45) is 0 Å². The highest BCUT2D eigenvalue weighted by molar-refractivity contribution is 6.02. The summed E-state index contributed by atoms with van der Waals surface area (Å²) in [5.41, 5.74) is 1.90. The molecule has 1 N–H and O–H groups in total. The molecule has 3 rings (SSSR count). The fourth-order valence-electron chi connectivity index (χ4n) is 2.02. The molecule has 23 heavy (non-hydrogen) atoms. The number of amides is 1. The first-order chi connectivity index (χ1) is 11.2. The highest BCUT2D eigenvalue weighted by atomic mass is 16.5. The number of carbonyl (C=O) groups is 1. The van der Waals surface area contributed by atoms with Crippen LogP contribution in [0.25, 0.3) is 0 Å². The minimum Gasteiger partial charge on any atom is -0.481 e. The van der Waals surface area contributed by atoms with Gasteiger partial charge in [-0.2, -0.15) is 0 Å². The van der Waals surface area contributed by atoms with E-state index >= 15 is 0 Å². The second-order valence-corrected chi connectivity index (χ2v) is 4.83. The molecule has 116 valence electrons. The Kier molecular flexibility index (Phi) is 4.28. The van der Waals surface area contributed by atoms with Crippen molar-refractivity contribution in [2.45, 2.75) is 6.54 Å². The number of carbonyl (C=O) groups excluding carboxylic acids is 1. The Balaban J connectivity index is 1.66. The number of anilines is 1. The number of rotatable bonds is 5. The van der Waals surface area contributed by atoms with Crippen LogP contribution in [0.1, 0.15) is 16.1 Å². The summed E-state index contributed by atoms with van der Waals surface area (Å²) >= 11 is 0. The molecule has 0 aliphatic carbocycles. The van der Waals surface area contributed by atoms with E-state index in [1.807, 2.05) is 30.3 Å². The summed E-state index contributed by atoms with van der Waals surface area (Å²) in [4.78, 5) is 16.2. The van der Waals surface area contributed by atoms with Crippen LogP contribution in [0.5, 0.6) is 5.88 Å². The molecular formula is C16H15N5O2. The number of hydrogen-bond donors (Lipinski definition) is 1. The summed E-state index contributed by atoms with van der Waals surface area (Å²) in [6, 6.07) is 13.2. The Morgan fingerprint density at radius 1 is 1.22 bits per heavy atom. The van der Waals surface area contributed by atoms with Gasteiger partial charge in [-0.25, -0.2) is 9.67 Å². The Morgan fingerprint density at radius 2 is 2.04 bits per heavy atom. The third-order valence-corrected chi connectivity index (χ3v) is 3.16. The van der Waals surface area contributed by atoms with Crippen LogP contribution in [-0.4, -0.2) is 33.0 Å². The Labute approximate surface area is 132 Å². The lowest BCUT2D eigenvalue weighted by molar-refractivity contribution is 0.102. The zero-order chi connectivity index (χ0) is 16.1. The average molecular weight is 309 g/mol. The lowest BCUT2D eigenvalue weighted by Gasteiger charge is -2.03. The largest absolute Gasteiger partial charge is 0.481 e. The van der Waals surface area contributed by atoms with E-state index < -0.39 is 0 Å². The van der Waals surface area contributed by atoms with Gasteiger partial charge in [0.1, 0.15) is 0 Å². The molecule has 0 spiro atoms. The first-order valence-electron chi connectivity index (χ1n) is 7.00. The van der Waals surface area contributed by atoms with Gasteiger partial charge in [0.2, 0.25) is 5.88 Å². The number of nitrogens with one attached hydrogen (secondary N) is 1. The molecule has 3 aromatic rings. The quantitative estimate of drug-likeness (QED) is 0.779. The maximum Gasteiger partial charge on any atom is 0.277 e. The summed E-state index contributed by atoms with van der Waals surface area (Å²) in [6.07, 6.45) is 3.13. The van der Waals surface area contributed by atoms with Crippen molar-refractivity contribution in [1.82, 2.24) is 20.0 Å². The Bertz CT molecular complexity index is 784. The van der Waals surface area contributed by atoms with Crippen molar-refractivity contribution in [1.29, 1.82) is 0 Å². The summed E-state index contributed by atoms with van der Waals surface area (Å²) < 4.78 is 6.59. The van der Waals surface area contributed by atoms with Crippen molar-refractivity contribution in [3.63, 3.8) is 0 Å². The van der Waals surface area contributed by atoms with Gasteiger partial charge >= 0.3 is 0 Å². The van der Waals surface area contributed by atoms with E-state index in [9.17, 15) is 4.79 Å². The Hall–Kier alpha value is -3.22. The smallest absolute Gasteiger partial charge is 0.277 e.